The van der Waals surface area contributed by atoms with Gasteiger partial charge in [0.05, 0.1) is 12.7 Å². The third kappa shape index (κ3) is 64.5. The zero-order valence-corrected chi connectivity index (χ0v) is 57.1. The van der Waals surface area contributed by atoms with Crippen molar-refractivity contribution in [3.8, 4) is 0 Å². The minimum Gasteiger partial charge on any atom is -0.481 e. The van der Waals surface area contributed by atoms with Crippen molar-refractivity contribution in [2.45, 2.75) is 399 Å². The predicted molar refractivity (Wildman–Crippen MR) is 358 cm³/mol. The molecule has 16 nitrogen and oxygen atoms in total. The molecule has 0 bridgehead atoms. The number of nitrogens with one attached hydrogen (secondary N) is 1. The number of aromatic nitrogens is 2. The fourth-order valence-electron chi connectivity index (χ4n) is 11.0. The summed E-state index contributed by atoms with van der Waals surface area (Å²) in [5.74, 6) is -1.96. The van der Waals surface area contributed by atoms with Gasteiger partial charge in [0.25, 0.3) is 5.56 Å². The second-order valence-corrected chi connectivity index (χ2v) is 26.3. The maximum absolute atomic E-state index is 11.7. The van der Waals surface area contributed by atoms with Crippen LogP contribution in [0.15, 0.2) is 15.8 Å². The summed E-state index contributed by atoms with van der Waals surface area (Å²) in [4.78, 5) is 73.4. The molecule has 1 fully saturated rings. The largest absolute Gasteiger partial charge is 0.481 e. The van der Waals surface area contributed by atoms with Crippen LogP contribution in [0.2, 0.25) is 0 Å². The first-order chi connectivity index (χ1) is 42.0. The van der Waals surface area contributed by atoms with Crippen molar-refractivity contribution in [2.24, 2.45) is 0 Å². The van der Waals surface area contributed by atoms with E-state index >= 15 is 0 Å². The van der Waals surface area contributed by atoms with E-state index in [-0.39, 0.29) is 6.42 Å². The van der Waals surface area contributed by atoms with Gasteiger partial charge in [-0.05, 0) is 26.2 Å². The Balaban J connectivity index is 0. The van der Waals surface area contributed by atoms with Crippen molar-refractivity contribution in [2.75, 3.05) is 6.61 Å². The number of H-pyrrole nitrogens is 1. The first-order valence-electron chi connectivity index (χ1n) is 36.0. The second kappa shape index (κ2) is 64.6. The van der Waals surface area contributed by atoms with Gasteiger partial charge in [-0.2, -0.15) is 0 Å². The lowest BCUT2D eigenvalue weighted by atomic mass is 10.0. The van der Waals surface area contributed by atoms with E-state index in [0.29, 0.717) is 24.8 Å². The van der Waals surface area contributed by atoms with E-state index in [0.717, 1.165) is 43.1 Å². The number of aromatic amines is 1. The van der Waals surface area contributed by atoms with Gasteiger partial charge in [0.15, 0.2) is 0 Å². The third-order valence-electron chi connectivity index (χ3n) is 16.5. The molecular formula is C70H135N2O14P. The Hall–Kier alpha value is -2.88. The Morgan fingerprint density at radius 3 is 0.908 bits per heavy atom. The van der Waals surface area contributed by atoms with Crippen molar-refractivity contribution in [1.29, 1.82) is 0 Å². The summed E-state index contributed by atoms with van der Waals surface area (Å²) < 4.78 is 21.4. The van der Waals surface area contributed by atoms with E-state index in [1.165, 1.54) is 302 Å². The van der Waals surface area contributed by atoms with Crippen LogP contribution in [0.3, 0.4) is 0 Å². The van der Waals surface area contributed by atoms with Crippen LogP contribution in [-0.4, -0.2) is 76.5 Å². The van der Waals surface area contributed by atoms with Gasteiger partial charge in [-0.15, -0.1) is 0 Å². The molecule has 0 amide bonds. The van der Waals surface area contributed by atoms with Crippen LogP contribution in [0.25, 0.3) is 0 Å². The third-order valence-corrected chi connectivity index (χ3v) is 17.0. The molecule has 2 heterocycles. The number of phosphoric ester groups is 1. The highest BCUT2D eigenvalue weighted by atomic mass is 31.2. The smallest absolute Gasteiger partial charge is 0.469 e. The summed E-state index contributed by atoms with van der Waals surface area (Å²) in [6, 6.07) is 0. The molecule has 1 aliphatic rings. The van der Waals surface area contributed by atoms with Gasteiger partial charge in [0.1, 0.15) is 12.3 Å². The minimum atomic E-state index is -4.67. The Kier molecular flexibility index (Phi) is 64.0. The number of carboxylic acid groups (broad SMARTS) is 3. The Bertz CT molecular complexity index is 1740. The number of aliphatic hydroxyl groups excluding tert-OH is 1. The number of unbranched alkanes of at least 4 members (excludes halogenated alkanes) is 48. The van der Waals surface area contributed by atoms with Gasteiger partial charge in [-0.1, -0.05) is 329 Å². The molecule has 2 rings (SSSR count). The topological polar surface area (TPSA) is 263 Å². The van der Waals surface area contributed by atoms with Crippen LogP contribution in [0.4, 0.5) is 0 Å². The normalized spacial score (nSPS) is 14.6. The molecule has 3 atom stereocenters. The molecule has 0 aromatic carbocycles. The van der Waals surface area contributed by atoms with Crippen LogP contribution < -0.4 is 11.2 Å². The first-order valence-corrected chi connectivity index (χ1v) is 37.5. The van der Waals surface area contributed by atoms with E-state index in [1.54, 1.807) is 0 Å². The molecule has 1 aromatic rings. The number of rotatable bonds is 58. The number of hydrogen-bond acceptors (Lipinski definition) is 9. The molecule has 1 saturated heterocycles. The van der Waals surface area contributed by atoms with Crippen LogP contribution in [0.5, 0.6) is 0 Å². The number of carbonyl (C=O) groups is 3. The molecule has 1 aromatic heterocycles. The molecular weight excluding hydrogens is 1120 g/mol. The lowest BCUT2D eigenvalue weighted by molar-refractivity contribution is -0.138. The average molecular weight is 1260 g/mol. The zero-order chi connectivity index (χ0) is 64.7. The number of phosphoric acid groups is 1. The van der Waals surface area contributed by atoms with Crippen LogP contribution in [-0.2, 0) is 28.2 Å². The maximum atomic E-state index is 11.7. The minimum absolute atomic E-state index is 0.0283. The standard InChI is InChI=1S/3C20H40O2.C10H15N2O8P/c3*1-2-3-4-5-6-7-8-9-10-11-12-13-14-15-16-17-18-19-20(21)22;1-5-3-12(10(15)11-9(5)14)8-2-6(13)7(20-8)4-19-21(16,17)18/h3*2-19H2,1H3,(H,21,22);3,6-8,13H,2,4H2,1H3,(H,11,14,15)(H2,16,17,18)/t;;;6-,7+,8+/m...0/s1. The van der Waals surface area contributed by atoms with Crippen molar-refractivity contribution in [1.82, 2.24) is 9.55 Å². The number of carboxylic acids is 3. The monoisotopic (exact) mass is 1260 g/mol. The summed E-state index contributed by atoms with van der Waals surface area (Å²) in [7, 11) is -4.67. The van der Waals surface area contributed by atoms with Gasteiger partial charge >= 0.3 is 31.4 Å². The quantitative estimate of drug-likeness (QED) is 0.0236. The summed E-state index contributed by atoms with van der Waals surface area (Å²) >= 11 is 0. The van der Waals surface area contributed by atoms with Crippen LogP contribution >= 0.6 is 7.82 Å². The summed E-state index contributed by atoms with van der Waals surface area (Å²) in [5.41, 5.74) is -0.918. The molecule has 0 spiro atoms. The Morgan fingerprint density at radius 1 is 0.460 bits per heavy atom. The highest BCUT2D eigenvalue weighted by Crippen LogP contribution is 2.38. The Morgan fingerprint density at radius 2 is 0.690 bits per heavy atom. The lowest BCUT2D eigenvalue weighted by Gasteiger charge is -2.16. The van der Waals surface area contributed by atoms with Crippen molar-refractivity contribution in [3.63, 3.8) is 0 Å². The SMILES string of the molecule is CCCCCCCCCCCCCCCCCCCC(=O)O.CCCCCCCCCCCCCCCCCCCC(=O)O.CCCCCCCCCCCCCCCCCCCC(=O)O.Cc1cn([C@H]2C[C@H](O)[C@@H](COP(=O)(O)O)O2)c(=O)[nH]c1=O. The average Bonchev–Trinajstić information content (AvgIpc) is 2.09. The number of nitrogens with zero attached hydrogens (tertiary/aromatic N) is 1. The summed E-state index contributed by atoms with van der Waals surface area (Å²) in [6.07, 6.45) is 67.9. The van der Waals surface area contributed by atoms with E-state index in [1.807, 2.05) is 0 Å². The van der Waals surface area contributed by atoms with E-state index in [9.17, 15) is 33.6 Å². The van der Waals surface area contributed by atoms with E-state index in [2.05, 4.69) is 30.3 Å². The fourth-order valence-corrected chi connectivity index (χ4v) is 11.4. The Labute approximate surface area is 530 Å². The fraction of sp³-hybridized carbons (Fsp3) is 0.900. The first kappa shape index (κ1) is 86.2. The van der Waals surface area contributed by atoms with Gasteiger partial charge in [-0.25, -0.2) is 9.36 Å². The highest BCUT2D eigenvalue weighted by Gasteiger charge is 2.37. The second-order valence-electron chi connectivity index (χ2n) is 25.1. The van der Waals surface area contributed by atoms with E-state index < -0.39 is 62.0 Å². The summed E-state index contributed by atoms with van der Waals surface area (Å²) in [5, 5.41) is 35.4. The van der Waals surface area contributed by atoms with E-state index in [4.69, 9.17) is 29.8 Å². The molecule has 0 aliphatic carbocycles. The van der Waals surface area contributed by atoms with Crippen LogP contribution in [0, 0.1) is 6.92 Å². The summed E-state index contributed by atoms with van der Waals surface area (Å²) in [6.45, 7) is 7.83. The van der Waals surface area contributed by atoms with Crippen molar-refractivity contribution in [3.05, 3.63) is 32.6 Å². The molecule has 0 radical (unpaired) electrons. The van der Waals surface area contributed by atoms with Crippen LogP contribution in [0.1, 0.15) is 386 Å². The van der Waals surface area contributed by atoms with Gasteiger partial charge in [0.2, 0.25) is 0 Å². The number of aliphatic hydroxyl groups is 1. The molecule has 0 saturated carbocycles. The molecule has 1 aliphatic heterocycles. The zero-order valence-electron chi connectivity index (χ0n) is 56.3. The number of hydrogen-bond donors (Lipinski definition) is 7. The van der Waals surface area contributed by atoms with Crippen molar-refractivity contribution >= 4 is 25.7 Å². The number of aliphatic carboxylic acids is 3. The van der Waals surface area contributed by atoms with Gasteiger partial charge in [0, 0.05) is 37.4 Å². The maximum Gasteiger partial charge on any atom is 0.469 e. The lowest BCUT2D eigenvalue weighted by Crippen LogP contribution is -2.33. The molecule has 0 unspecified atom stereocenters. The van der Waals surface area contributed by atoms with Gasteiger partial charge < -0.3 is 34.9 Å². The molecule has 87 heavy (non-hydrogen) atoms. The van der Waals surface area contributed by atoms with Crippen molar-refractivity contribution < 1.29 is 58.4 Å². The molecule has 17 heteroatoms. The molecule has 7 N–H and O–H groups in total. The molecule has 514 valence electrons. The van der Waals surface area contributed by atoms with Gasteiger partial charge in [-0.3, -0.25) is 33.3 Å². The number of ether oxygens (including phenoxy) is 1. The highest BCUT2D eigenvalue weighted by molar-refractivity contribution is 7.46. The number of aryl methyl sites for hydroxylation is 1. The predicted octanol–water partition coefficient (Wildman–Crippen LogP) is 19.9.